The second-order valence-corrected chi connectivity index (χ2v) is 10.9. The van der Waals surface area contributed by atoms with Gasteiger partial charge in [0.05, 0.1) is 39.0 Å². The number of hydrogen-bond acceptors (Lipinski definition) is 4. The number of para-hydroxylation sites is 5. The lowest BCUT2D eigenvalue weighted by Gasteiger charge is -2.32. The number of rotatable bonds is 4. The largest absolute Gasteiger partial charge is 0.309 e. The molecule has 1 aliphatic rings. The highest BCUT2D eigenvalue weighted by atomic mass is 15.2. The maximum absolute atomic E-state index is 5.21. The Morgan fingerprint density at radius 2 is 1.07 bits per heavy atom. The molecule has 0 bridgehead atoms. The van der Waals surface area contributed by atoms with Crippen LogP contribution in [0.2, 0.25) is 0 Å². The van der Waals surface area contributed by atoms with Crippen LogP contribution in [0.5, 0.6) is 0 Å². The van der Waals surface area contributed by atoms with Gasteiger partial charge in [-0.05, 0) is 54.6 Å². The minimum Gasteiger partial charge on any atom is -0.309 e. The molecule has 5 nitrogen and oxygen atoms in total. The summed E-state index contributed by atoms with van der Waals surface area (Å²) < 4.78 is 2.22. The summed E-state index contributed by atoms with van der Waals surface area (Å²) in [5, 5.41) is 1.06. The van der Waals surface area contributed by atoms with E-state index in [1.807, 2.05) is 18.2 Å². The first-order valence-electron chi connectivity index (χ1n) is 14.7. The second kappa shape index (κ2) is 9.75. The Kier molecular flexibility index (Phi) is 5.43. The molecular formula is C39H25N5. The molecule has 0 fully saturated rings. The zero-order valence-electron chi connectivity index (χ0n) is 23.7. The molecule has 5 heteroatoms. The Balaban J connectivity index is 1.19. The Hall–Kier alpha value is -6.07. The van der Waals surface area contributed by atoms with Crippen molar-refractivity contribution in [2.45, 2.75) is 0 Å². The van der Waals surface area contributed by atoms with Gasteiger partial charge in [0.15, 0.2) is 5.82 Å². The van der Waals surface area contributed by atoms with E-state index < -0.39 is 0 Å². The molecule has 1 aliphatic heterocycles. The minimum absolute atomic E-state index is 0.704. The number of hydrogen-bond donors (Lipinski definition) is 0. The molecule has 6 aromatic carbocycles. The van der Waals surface area contributed by atoms with E-state index >= 15 is 0 Å². The van der Waals surface area contributed by atoms with Gasteiger partial charge in [-0.2, -0.15) is 0 Å². The summed E-state index contributed by atoms with van der Waals surface area (Å²) in [6.45, 7) is 0. The fourth-order valence-electron chi connectivity index (χ4n) is 6.36. The minimum atomic E-state index is 0.704. The monoisotopic (exact) mass is 563 g/mol. The van der Waals surface area contributed by atoms with Gasteiger partial charge in [-0.1, -0.05) is 97.1 Å². The number of fused-ring (bicyclic) bond motifs is 3. The molecule has 0 radical (unpaired) electrons. The fraction of sp³-hybridized carbons (Fsp3) is 0. The molecule has 0 amide bonds. The molecule has 8 aromatic rings. The smallest absolute Gasteiger partial charge is 0.160 e. The molecule has 44 heavy (non-hydrogen) atoms. The van der Waals surface area contributed by atoms with Crippen molar-refractivity contribution in [3.63, 3.8) is 0 Å². The van der Waals surface area contributed by atoms with E-state index in [2.05, 4.69) is 143 Å². The number of anilines is 3. The topological polar surface area (TPSA) is 46.8 Å². The summed E-state index contributed by atoms with van der Waals surface area (Å²) in [4.78, 5) is 17.6. The molecule has 0 saturated carbocycles. The normalized spacial score (nSPS) is 12.0. The lowest BCUT2D eigenvalue weighted by atomic mass is 9.96. The van der Waals surface area contributed by atoms with E-state index in [0.717, 1.165) is 72.9 Å². The van der Waals surface area contributed by atoms with Crippen molar-refractivity contribution in [1.82, 2.24) is 19.5 Å². The van der Waals surface area contributed by atoms with E-state index in [-0.39, 0.29) is 0 Å². The zero-order valence-corrected chi connectivity index (χ0v) is 23.7. The van der Waals surface area contributed by atoms with Crippen molar-refractivity contribution < 1.29 is 0 Å². The summed E-state index contributed by atoms with van der Waals surface area (Å²) in [5.74, 6) is 1.61. The van der Waals surface area contributed by atoms with Gasteiger partial charge in [-0.3, -0.25) is 4.57 Å². The summed E-state index contributed by atoms with van der Waals surface area (Å²) in [6.07, 6.45) is 0. The highest BCUT2D eigenvalue weighted by molar-refractivity contribution is 6.11. The molecule has 9 rings (SSSR count). The predicted octanol–water partition coefficient (Wildman–Crippen LogP) is 9.75. The van der Waals surface area contributed by atoms with Crippen LogP contribution >= 0.6 is 0 Å². The van der Waals surface area contributed by atoms with Crippen LogP contribution in [0.1, 0.15) is 0 Å². The Morgan fingerprint density at radius 3 is 1.89 bits per heavy atom. The van der Waals surface area contributed by atoms with E-state index in [1.165, 1.54) is 0 Å². The third-order valence-corrected chi connectivity index (χ3v) is 8.33. The maximum atomic E-state index is 5.21. The lowest BCUT2D eigenvalue weighted by Crippen LogP contribution is -2.16. The van der Waals surface area contributed by atoms with Crippen molar-refractivity contribution >= 4 is 39.0 Å². The average molecular weight is 564 g/mol. The standard InChI is InChI=1S/C39H25N5/c1-3-12-28(13-4-1)43-33-19-9-7-16-30(33)37-36-32(18-11-21-35(36)43)40-38(42-37)26-22-24-27(25-23-26)39-41-31-17-8-10-20-34(31)44(39)29-14-5-2-6-15-29/h1-25H. The summed E-state index contributed by atoms with van der Waals surface area (Å²) in [7, 11) is 0. The van der Waals surface area contributed by atoms with Crippen LogP contribution in [0.4, 0.5) is 17.1 Å². The molecule has 0 atom stereocenters. The third kappa shape index (κ3) is 3.76. The quantitative estimate of drug-likeness (QED) is 0.214. The summed E-state index contributed by atoms with van der Waals surface area (Å²) >= 11 is 0. The molecule has 2 aromatic heterocycles. The number of benzene rings is 6. The number of nitrogens with zero attached hydrogens (tertiary/aromatic N) is 5. The molecule has 3 heterocycles. The van der Waals surface area contributed by atoms with Gasteiger partial charge in [-0.15, -0.1) is 0 Å². The fourth-order valence-corrected chi connectivity index (χ4v) is 6.36. The van der Waals surface area contributed by atoms with Crippen LogP contribution in [0.15, 0.2) is 152 Å². The van der Waals surface area contributed by atoms with Crippen molar-refractivity contribution in [3.8, 4) is 39.7 Å². The third-order valence-electron chi connectivity index (χ3n) is 8.33. The van der Waals surface area contributed by atoms with Gasteiger partial charge in [0.2, 0.25) is 0 Å². The predicted molar refractivity (Wildman–Crippen MR) is 179 cm³/mol. The first-order valence-corrected chi connectivity index (χ1v) is 14.7. The van der Waals surface area contributed by atoms with Crippen molar-refractivity contribution in [2.24, 2.45) is 0 Å². The van der Waals surface area contributed by atoms with Gasteiger partial charge in [0.1, 0.15) is 5.82 Å². The van der Waals surface area contributed by atoms with Gasteiger partial charge in [0.25, 0.3) is 0 Å². The highest BCUT2D eigenvalue weighted by Gasteiger charge is 2.28. The molecule has 0 spiro atoms. The Morgan fingerprint density at radius 1 is 0.432 bits per heavy atom. The van der Waals surface area contributed by atoms with Crippen molar-refractivity contribution in [3.05, 3.63) is 152 Å². The van der Waals surface area contributed by atoms with Crippen molar-refractivity contribution in [2.75, 3.05) is 4.90 Å². The number of imidazole rings is 1. The SMILES string of the molecule is c1ccc(N2c3ccccc3-c3nc(-c4ccc(-c5nc6ccccc6n5-c5ccccc5)cc4)nc4cccc2c34)cc1. The molecule has 0 saturated heterocycles. The van der Waals surface area contributed by atoms with Gasteiger partial charge in [-0.25, -0.2) is 15.0 Å². The average Bonchev–Trinajstić information content (AvgIpc) is 3.49. The van der Waals surface area contributed by atoms with Crippen LogP contribution in [-0.2, 0) is 0 Å². The van der Waals surface area contributed by atoms with Crippen molar-refractivity contribution in [1.29, 1.82) is 0 Å². The summed E-state index contributed by atoms with van der Waals surface area (Å²) in [6, 6.07) is 52.4. The Bertz CT molecular complexity index is 2320. The summed E-state index contributed by atoms with van der Waals surface area (Å²) in [5.41, 5.74) is 11.4. The molecule has 206 valence electrons. The van der Waals surface area contributed by atoms with Crippen LogP contribution in [0, 0.1) is 0 Å². The van der Waals surface area contributed by atoms with E-state index in [0.29, 0.717) is 5.82 Å². The first-order chi connectivity index (χ1) is 21.8. The molecule has 0 unspecified atom stereocenters. The highest BCUT2D eigenvalue weighted by Crippen LogP contribution is 2.50. The molecule has 0 aliphatic carbocycles. The van der Waals surface area contributed by atoms with Gasteiger partial charge < -0.3 is 4.90 Å². The second-order valence-electron chi connectivity index (χ2n) is 10.9. The molecule has 0 N–H and O–H groups in total. The van der Waals surface area contributed by atoms with Crippen LogP contribution in [0.25, 0.3) is 61.7 Å². The van der Waals surface area contributed by atoms with E-state index in [9.17, 15) is 0 Å². The van der Waals surface area contributed by atoms with Crippen LogP contribution in [-0.4, -0.2) is 19.5 Å². The van der Waals surface area contributed by atoms with Gasteiger partial charge >= 0.3 is 0 Å². The first kappa shape index (κ1) is 24.5. The maximum Gasteiger partial charge on any atom is 0.160 e. The Labute approximate surface area is 254 Å². The van der Waals surface area contributed by atoms with Crippen LogP contribution < -0.4 is 4.90 Å². The van der Waals surface area contributed by atoms with Gasteiger partial charge in [0, 0.05) is 28.1 Å². The lowest BCUT2D eigenvalue weighted by molar-refractivity contribution is 1.10. The number of aromatic nitrogens is 4. The zero-order chi connectivity index (χ0) is 29.0. The van der Waals surface area contributed by atoms with E-state index in [4.69, 9.17) is 15.0 Å². The van der Waals surface area contributed by atoms with E-state index in [1.54, 1.807) is 0 Å². The molecular weight excluding hydrogens is 538 g/mol. The van der Waals surface area contributed by atoms with Crippen LogP contribution in [0.3, 0.4) is 0 Å².